The van der Waals surface area contributed by atoms with E-state index in [0.717, 1.165) is 6.21 Å². The highest BCUT2D eigenvalue weighted by Gasteiger charge is 2.25. The number of benzene rings is 2. The molecular formula is C17H13F5N2O4. The molecule has 0 aliphatic heterocycles. The van der Waals surface area contributed by atoms with Crippen LogP contribution in [0.2, 0.25) is 0 Å². The standard InChI is InChI=1S/C17H13F5N2O4/c1-7(25)28-17-9(26-2)4-8(5-10(17)27-3)6-23-24-16-14(21)12(19)11(18)13(20)15(16)22/h4-6,24H,1-3H3/b23-6-. The Hall–Kier alpha value is -3.37. The molecule has 0 fully saturated rings. The number of carbonyl (C=O) groups excluding carboxylic acids is 1. The van der Waals surface area contributed by atoms with Gasteiger partial charge in [-0.1, -0.05) is 0 Å². The predicted molar refractivity (Wildman–Crippen MR) is 88.3 cm³/mol. The molecule has 0 bridgehead atoms. The summed E-state index contributed by atoms with van der Waals surface area (Å²) in [6, 6.07) is 2.68. The Bertz CT molecular complexity index is 896. The fraction of sp³-hybridized carbons (Fsp3) is 0.176. The van der Waals surface area contributed by atoms with Crippen LogP contribution in [0.1, 0.15) is 12.5 Å². The molecule has 11 heteroatoms. The van der Waals surface area contributed by atoms with E-state index in [0.29, 0.717) is 0 Å². The molecule has 150 valence electrons. The first-order chi connectivity index (χ1) is 13.2. The predicted octanol–water partition coefficient (Wildman–Crippen LogP) is 3.77. The Morgan fingerprint density at radius 1 is 0.929 bits per heavy atom. The molecule has 0 unspecified atom stereocenters. The number of methoxy groups -OCH3 is 2. The van der Waals surface area contributed by atoms with Crippen molar-refractivity contribution in [2.75, 3.05) is 19.6 Å². The van der Waals surface area contributed by atoms with E-state index in [1.165, 1.54) is 33.3 Å². The second kappa shape index (κ2) is 8.55. The van der Waals surface area contributed by atoms with Gasteiger partial charge in [0, 0.05) is 12.5 Å². The lowest BCUT2D eigenvalue weighted by molar-refractivity contribution is -0.132. The first-order valence-corrected chi connectivity index (χ1v) is 7.46. The summed E-state index contributed by atoms with van der Waals surface area (Å²) in [4.78, 5) is 11.2. The molecule has 0 aliphatic rings. The van der Waals surface area contributed by atoms with Crippen molar-refractivity contribution in [2.24, 2.45) is 5.10 Å². The van der Waals surface area contributed by atoms with Gasteiger partial charge in [-0.05, 0) is 12.1 Å². The average Bonchev–Trinajstić information content (AvgIpc) is 2.67. The highest BCUT2D eigenvalue weighted by atomic mass is 19.2. The number of esters is 1. The van der Waals surface area contributed by atoms with Crippen molar-refractivity contribution in [2.45, 2.75) is 6.92 Å². The molecule has 0 saturated carbocycles. The van der Waals surface area contributed by atoms with Gasteiger partial charge in [0.1, 0.15) is 5.69 Å². The number of carbonyl (C=O) groups is 1. The number of halogens is 5. The minimum atomic E-state index is -2.28. The summed E-state index contributed by atoms with van der Waals surface area (Å²) in [7, 11) is 2.57. The molecule has 0 aromatic heterocycles. The van der Waals surface area contributed by atoms with E-state index in [9.17, 15) is 26.7 Å². The van der Waals surface area contributed by atoms with Gasteiger partial charge in [0.05, 0.1) is 20.4 Å². The monoisotopic (exact) mass is 404 g/mol. The van der Waals surface area contributed by atoms with Crippen LogP contribution in [0.15, 0.2) is 17.2 Å². The van der Waals surface area contributed by atoms with Crippen LogP contribution in [-0.2, 0) is 4.79 Å². The first kappa shape index (κ1) is 20.9. The minimum Gasteiger partial charge on any atom is -0.493 e. The maximum Gasteiger partial charge on any atom is 0.308 e. The molecule has 0 heterocycles. The van der Waals surface area contributed by atoms with Gasteiger partial charge in [0.25, 0.3) is 0 Å². The normalized spacial score (nSPS) is 10.9. The minimum absolute atomic E-state index is 0.0117. The Morgan fingerprint density at radius 2 is 1.39 bits per heavy atom. The molecule has 28 heavy (non-hydrogen) atoms. The lowest BCUT2D eigenvalue weighted by Crippen LogP contribution is -2.07. The molecule has 6 nitrogen and oxygen atoms in total. The van der Waals surface area contributed by atoms with Crippen molar-refractivity contribution >= 4 is 17.9 Å². The van der Waals surface area contributed by atoms with Gasteiger partial charge in [0.2, 0.25) is 11.6 Å². The summed E-state index contributed by atoms with van der Waals surface area (Å²) < 4.78 is 81.7. The second-order valence-corrected chi connectivity index (χ2v) is 5.16. The summed E-state index contributed by atoms with van der Waals surface area (Å²) in [5.74, 6) is -11.1. The van der Waals surface area contributed by atoms with Crippen molar-refractivity contribution < 1.29 is 41.0 Å². The molecule has 0 atom stereocenters. The lowest BCUT2D eigenvalue weighted by atomic mass is 10.2. The number of ether oxygens (including phenoxy) is 3. The number of nitrogens with zero attached hydrogens (tertiary/aromatic N) is 1. The van der Waals surface area contributed by atoms with Crippen molar-refractivity contribution in [3.8, 4) is 17.2 Å². The number of rotatable bonds is 6. The van der Waals surface area contributed by atoms with Crippen LogP contribution in [0.25, 0.3) is 0 Å². The van der Waals surface area contributed by atoms with Gasteiger partial charge in [0.15, 0.2) is 34.8 Å². The molecule has 0 saturated heterocycles. The quantitative estimate of drug-likeness (QED) is 0.151. The van der Waals surface area contributed by atoms with Crippen molar-refractivity contribution in [3.05, 3.63) is 46.8 Å². The number of hydrogen-bond donors (Lipinski definition) is 1. The smallest absolute Gasteiger partial charge is 0.308 e. The summed E-state index contributed by atoms with van der Waals surface area (Å²) in [6.45, 7) is 1.17. The zero-order valence-corrected chi connectivity index (χ0v) is 14.7. The van der Waals surface area contributed by atoms with E-state index in [2.05, 4.69) is 5.10 Å². The van der Waals surface area contributed by atoms with E-state index in [4.69, 9.17) is 14.2 Å². The Balaban J connectivity index is 2.37. The Labute approximate surface area is 155 Å². The molecular weight excluding hydrogens is 391 g/mol. The van der Waals surface area contributed by atoms with Crippen LogP contribution in [0.3, 0.4) is 0 Å². The SMILES string of the molecule is COc1cc(/C=N\Nc2c(F)c(F)c(F)c(F)c2F)cc(OC)c1OC(C)=O. The van der Waals surface area contributed by atoms with Gasteiger partial charge in [-0.15, -0.1) is 0 Å². The van der Waals surface area contributed by atoms with Gasteiger partial charge in [-0.2, -0.15) is 5.10 Å². The summed E-state index contributed by atoms with van der Waals surface area (Å²) >= 11 is 0. The fourth-order valence-electron chi connectivity index (χ4n) is 2.09. The first-order valence-electron chi connectivity index (χ1n) is 7.46. The van der Waals surface area contributed by atoms with E-state index in [1.54, 1.807) is 5.43 Å². The Kier molecular flexibility index (Phi) is 6.39. The number of anilines is 1. The van der Waals surface area contributed by atoms with Crippen LogP contribution >= 0.6 is 0 Å². The summed E-state index contributed by atoms with van der Waals surface area (Å²) in [6.07, 6.45) is 1.00. The summed E-state index contributed by atoms with van der Waals surface area (Å²) in [5.41, 5.74) is 0.687. The molecule has 2 aromatic rings. The lowest BCUT2D eigenvalue weighted by Gasteiger charge is -2.13. The van der Waals surface area contributed by atoms with Crippen LogP contribution in [0.5, 0.6) is 17.2 Å². The van der Waals surface area contributed by atoms with Crippen molar-refractivity contribution in [3.63, 3.8) is 0 Å². The molecule has 0 spiro atoms. The molecule has 0 amide bonds. The van der Waals surface area contributed by atoms with Crippen LogP contribution in [-0.4, -0.2) is 26.4 Å². The van der Waals surface area contributed by atoms with E-state index in [1.807, 2.05) is 0 Å². The highest BCUT2D eigenvalue weighted by molar-refractivity contribution is 5.84. The molecule has 2 rings (SSSR count). The number of hydrazone groups is 1. The third kappa shape index (κ3) is 4.13. The van der Waals surface area contributed by atoms with E-state index < -0.39 is 40.7 Å². The average molecular weight is 404 g/mol. The highest BCUT2D eigenvalue weighted by Crippen LogP contribution is 2.38. The van der Waals surface area contributed by atoms with E-state index >= 15 is 0 Å². The largest absolute Gasteiger partial charge is 0.493 e. The third-order valence-corrected chi connectivity index (χ3v) is 3.33. The van der Waals surface area contributed by atoms with E-state index in [-0.39, 0.29) is 22.8 Å². The van der Waals surface area contributed by atoms with Gasteiger partial charge >= 0.3 is 5.97 Å². The van der Waals surface area contributed by atoms with Crippen molar-refractivity contribution in [1.29, 1.82) is 0 Å². The second-order valence-electron chi connectivity index (χ2n) is 5.16. The number of nitrogens with one attached hydrogen (secondary N) is 1. The van der Waals surface area contributed by atoms with Gasteiger partial charge < -0.3 is 14.2 Å². The van der Waals surface area contributed by atoms with Crippen LogP contribution < -0.4 is 19.6 Å². The molecule has 0 aliphatic carbocycles. The maximum atomic E-state index is 13.6. The summed E-state index contributed by atoms with van der Waals surface area (Å²) in [5, 5.41) is 3.46. The zero-order chi connectivity index (χ0) is 21.0. The topological polar surface area (TPSA) is 69.2 Å². The van der Waals surface area contributed by atoms with Crippen LogP contribution in [0.4, 0.5) is 27.6 Å². The van der Waals surface area contributed by atoms with Crippen LogP contribution in [0, 0.1) is 29.1 Å². The number of hydrogen-bond acceptors (Lipinski definition) is 6. The fourth-order valence-corrected chi connectivity index (χ4v) is 2.09. The zero-order valence-electron chi connectivity index (χ0n) is 14.7. The van der Waals surface area contributed by atoms with Crippen molar-refractivity contribution in [1.82, 2.24) is 0 Å². The van der Waals surface area contributed by atoms with Gasteiger partial charge in [-0.3, -0.25) is 10.2 Å². The Morgan fingerprint density at radius 3 is 1.82 bits per heavy atom. The van der Waals surface area contributed by atoms with Gasteiger partial charge in [-0.25, -0.2) is 22.0 Å². The molecule has 0 radical (unpaired) electrons. The maximum absolute atomic E-state index is 13.6. The third-order valence-electron chi connectivity index (χ3n) is 3.33. The molecule has 1 N–H and O–H groups in total. The molecule has 2 aromatic carbocycles.